The molecule has 0 unspecified atom stereocenters. The zero-order valence-electron chi connectivity index (χ0n) is 20.1. The molecule has 0 saturated heterocycles. The molecule has 1 aliphatic carbocycles. The van der Waals surface area contributed by atoms with Gasteiger partial charge in [-0.1, -0.05) is 37.4 Å². The number of esters is 1. The molecule has 3 N–H and O–H groups in total. The summed E-state index contributed by atoms with van der Waals surface area (Å²) >= 11 is 6.25. The lowest BCUT2D eigenvalue weighted by Gasteiger charge is -2.33. The molecule has 0 spiro atoms. The number of ether oxygens (including phenoxy) is 2. The third kappa shape index (κ3) is 6.17. The molecule has 0 bridgehead atoms. The van der Waals surface area contributed by atoms with Crippen LogP contribution >= 0.6 is 11.6 Å². The fraction of sp³-hybridized carbons (Fsp3) is 0.440. The lowest BCUT2D eigenvalue weighted by atomic mass is 9.80. The van der Waals surface area contributed by atoms with Crippen LogP contribution in [0.4, 0.5) is 0 Å². The number of carbonyl (C=O) groups excluding carboxylic acids is 3. The van der Waals surface area contributed by atoms with Crippen molar-refractivity contribution in [2.24, 2.45) is 5.92 Å². The van der Waals surface area contributed by atoms with Crippen LogP contribution in [-0.2, 0) is 28.7 Å². The smallest absolute Gasteiger partial charge is 0.332 e. The van der Waals surface area contributed by atoms with E-state index < -0.39 is 47.2 Å². The predicted octanol–water partition coefficient (Wildman–Crippen LogP) is 2.87. The Morgan fingerprint density at radius 2 is 1.94 bits per heavy atom. The van der Waals surface area contributed by atoms with Gasteiger partial charge in [0.25, 0.3) is 0 Å². The number of Topliss-reactive ketones (excluding diaryl/α,β-unsaturated/α-hetero) is 2. The van der Waals surface area contributed by atoms with E-state index in [4.69, 9.17) is 26.2 Å². The SMILES string of the molecule is CC[C@H](C)[C@@H](O)[C@@](C)(O)C=CC1=CC2=C(Cl)C(=O)[C@@](C)(OC(=O)/C=C(\C)CC(=O)O)C(=O)C2=CO1. The fourth-order valence-electron chi connectivity index (χ4n) is 3.54. The summed E-state index contributed by atoms with van der Waals surface area (Å²) in [6.45, 7) is 7.62. The van der Waals surface area contributed by atoms with Gasteiger partial charge in [-0.25, -0.2) is 4.79 Å². The summed E-state index contributed by atoms with van der Waals surface area (Å²) in [4.78, 5) is 49.0. The molecule has 0 radical (unpaired) electrons. The monoisotopic (exact) mass is 508 g/mol. The van der Waals surface area contributed by atoms with E-state index in [2.05, 4.69) is 0 Å². The zero-order chi connectivity index (χ0) is 26.7. The molecule has 1 heterocycles. The van der Waals surface area contributed by atoms with E-state index in [0.29, 0.717) is 6.42 Å². The molecule has 4 atom stereocenters. The molecule has 190 valence electrons. The summed E-state index contributed by atoms with van der Waals surface area (Å²) in [7, 11) is 0. The first-order valence-corrected chi connectivity index (χ1v) is 11.3. The van der Waals surface area contributed by atoms with Gasteiger partial charge < -0.3 is 24.8 Å². The standard InChI is InChI=1S/C25H29ClO9/c1-6-14(3)21(30)24(4,33)8-7-15-11-16-17(12-34-15)22(31)25(5,23(32)20(16)26)35-19(29)10-13(2)9-18(27)28/h7-8,10-12,14,21,30,33H,6,9H2,1-5H3,(H,27,28)/b8-7?,13-10+/t14-,21+,24-,25-/m0/s1. The Morgan fingerprint density at radius 3 is 2.51 bits per heavy atom. The van der Waals surface area contributed by atoms with Crippen molar-refractivity contribution in [1.29, 1.82) is 0 Å². The maximum Gasteiger partial charge on any atom is 0.332 e. The number of hydrogen-bond acceptors (Lipinski definition) is 8. The third-order valence-electron chi connectivity index (χ3n) is 5.90. The molecule has 0 aromatic carbocycles. The van der Waals surface area contributed by atoms with Gasteiger partial charge in [-0.2, -0.15) is 0 Å². The van der Waals surface area contributed by atoms with Gasteiger partial charge in [0.1, 0.15) is 17.6 Å². The number of halogens is 1. The molecule has 1 aliphatic heterocycles. The van der Waals surface area contributed by atoms with Crippen LogP contribution in [-0.4, -0.2) is 56.1 Å². The van der Waals surface area contributed by atoms with Crippen LogP contribution in [0.2, 0.25) is 0 Å². The van der Waals surface area contributed by atoms with Gasteiger partial charge in [0.05, 0.1) is 23.1 Å². The van der Waals surface area contributed by atoms with Crippen LogP contribution in [0.1, 0.15) is 47.5 Å². The number of carboxylic acids is 1. The van der Waals surface area contributed by atoms with Gasteiger partial charge in [-0.3, -0.25) is 14.4 Å². The molecular formula is C25H29ClO9. The summed E-state index contributed by atoms with van der Waals surface area (Å²) < 4.78 is 10.6. The third-order valence-corrected chi connectivity index (χ3v) is 6.28. The molecule has 0 fully saturated rings. The Hall–Kier alpha value is -3.01. The van der Waals surface area contributed by atoms with Crippen LogP contribution in [0.15, 0.2) is 58.1 Å². The van der Waals surface area contributed by atoms with Crippen LogP contribution in [0.3, 0.4) is 0 Å². The first-order chi connectivity index (χ1) is 16.1. The van der Waals surface area contributed by atoms with Crippen molar-refractivity contribution >= 4 is 35.1 Å². The molecule has 0 aromatic rings. The first-order valence-electron chi connectivity index (χ1n) is 10.9. The highest BCUT2D eigenvalue weighted by molar-refractivity contribution is 6.49. The highest BCUT2D eigenvalue weighted by atomic mass is 35.5. The van der Waals surface area contributed by atoms with Gasteiger partial charge in [-0.15, -0.1) is 0 Å². The number of aliphatic carboxylic acids is 1. The average Bonchev–Trinajstić information content (AvgIpc) is 2.78. The van der Waals surface area contributed by atoms with Gasteiger partial charge in [0.15, 0.2) is 0 Å². The van der Waals surface area contributed by atoms with Gasteiger partial charge in [0.2, 0.25) is 17.2 Å². The van der Waals surface area contributed by atoms with Gasteiger partial charge >= 0.3 is 11.9 Å². The Bertz CT molecular complexity index is 1090. The Kier molecular flexibility index (Phi) is 8.65. The molecule has 10 heteroatoms. The molecule has 35 heavy (non-hydrogen) atoms. The maximum absolute atomic E-state index is 13.1. The van der Waals surface area contributed by atoms with Crippen molar-refractivity contribution in [3.63, 3.8) is 0 Å². The van der Waals surface area contributed by atoms with Crippen molar-refractivity contribution in [3.8, 4) is 0 Å². The fourth-order valence-corrected chi connectivity index (χ4v) is 3.88. The molecule has 2 rings (SSSR count). The van der Waals surface area contributed by atoms with E-state index in [0.717, 1.165) is 19.3 Å². The predicted molar refractivity (Wildman–Crippen MR) is 126 cm³/mol. The number of allylic oxidation sites excluding steroid dienone is 3. The zero-order valence-corrected chi connectivity index (χ0v) is 20.9. The lowest BCUT2D eigenvalue weighted by Crippen LogP contribution is -2.51. The minimum atomic E-state index is -2.27. The Morgan fingerprint density at radius 1 is 1.31 bits per heavy atom. The highest BCUT2D eigenvalue weighted by Crippen LogP contribution is 2.39. The quantitative estimate of drug-likeness (QED) is 0.243. The van der Waals surface area contributed by atoms with Crippen LogP contribution in [0.25, 0.3) is 0 Å². The normalized spacial score (nSPS) is 24.2. The summed E-state index contributed by atoms with van der Waals surface area (Å²) in [5.41, 5.74) is -3.71. The second-order valence-corrected chi connectivity index (χ2v) is 9.37. The van der Waals surface area contributed by atoms with E-state index in [-0.39, 0.29) is 33.4 Å². The summed E-state index contributed by atoms with van der Waals surface area (Å²) in [5, 5.41) is 29.4. The molecule has 9 nitrogen and oxygen atoms in total. The molecular weight excluding hydrogens is 480 g/mol. The number of aliphatic hydroxyl groups is 2. The number of fused-ring (bicyclic) bond motifs is 1. The number of carboxylic acid groups (broad SMARTS) is 1. The second-order valence-electron chi connectivity index (χ2n) is 8.99. The lowest BCUT2D eigenvalue weighted by molar-refractivity contribution is -0.165. The van der Waals surface area contributed by atoms with Gasteiger partial charge in [-0.05, 0) is 44.9 Å². The second kappa shape index (κ2) is 10.7. The van der Waals surface area contributed by atoms with Crippen molar-refractivity contribution < 1.29 is 44.0 Å². The van der Waals surface area contributed by atoms with Crippen molar-refractivity contribution in [1.82, 2.24) is 0 Å². The average molecular weight is 509 g/mol. The number of aliphatic hydroxyl groups excluding tert-OH is 1. The molecule has 0 aromatic heterocycles. The summed E-state index contributed by atoms with van der Waals surface area (Å²) in [6.07, 6.45) is 5.20. The Balaban J connectivity index is 2.33. The largest absolute Gasteiger partial charge is 0.481 e. The van der Waals surface area contributed by atoms with Crippen LogP contribution in [0.5, 0.6) is 0 Å². The van der Waals surface area contributed by atoms with E-state index in [1.165, 1.54) is 32.1 Å². The highest BCUT2D eigenvalue weighted by Gasteiger charge is 2.52. The van der Waals surface area contributed by atoms with Crippen LogP contribution in [0, 0.1) is 5.92 Å². The van der Waals surface area contributed by atoms with Crippen LogP contribution < -0.4 is 0 Å². The summed E-state index contributed by atoms with van der Waals surface area (Å²) in [5.74, 6) is -4.06. The number of rotatable bonds is 9. The minimum absolute atomic E-state index is 0.0563. The van der Waals surface area contributed by atoms with E-state index in [1.807, 2.05) is 6.92 Å². The first kappa shape index (κ1) is 28.2. The van der Waals surface area contributed by atoms with E-state index >= 15 is 0 Å². The van der Waals surface area contributed by atoms with E-state index in [9.17, 15) is 29.4 Å². The Labute approximate surface area is 208 Å². The van der Waals surface area contributed by atoms with E-state index in [1.54, 1.807) is 6.92 Å². The maximum atomic E-state index is 13.1. The number of hydrogen-bond donors (Lipinski definition) is 3. The number of ketones is 2. The topological polar surface area (TPSA) is 147 Å². The van der Waals surface area contributed by atoms with Gasteiger partial charge in [0, 0.05) is 11.6 Å². The molecule has 0 amide bonds. The number of carbonyl (C=O) groups is 4. The van der Waals surface area contributed by atoms with Crippen molar-refractivity contribution in [3.05, 3.63) is 58.1 Å². The summed E-state index contributed by atoms with van der Waals surface area (Å²) in [6, 6.07) is 0. The molecule has 0 saturated carbocycles. The van der Waals surface area contributed by atoms with Crippen molar-refractivity contribution in [2.45, 2.75) is 64.8 Å². The van der Waals surface area contributed by atoms with Crippen molar-refractivity contribution in [2.75, 3.05) is 0 Å². The molecule has 2 aliphatic rings. The minimum Gasteiger partial charge on any atom is -0.481 e.